The molecule has 2 amide bonds. The number of amides is 2. The number of carbonyl (C=O) groups excluding carboxylic acids is 2. The average molecular weight is 439 g/mol. The predicted octanol–water partition coefficient (Wildman–Crippen LogP) is 4.09. The zero-order valence-corrected chi connectivity index (χ0v) is 17.3. The van der Waals surface area contributed by atoms with Gasteiger partial charge in [0.2, 0.25) is 0 Å². The number of hydrogen-bond acceptors (Lipinski definition) is 4. The Labute approximate surface area is 184 Å². The molecule has 158 valence electrons. The molecular weight excluding hydrogens is 419 g/mol. The van der Waals surface area contributed by atoms with E-state index in [-0.39, 0.29) is 22.5 Å². The van der Waals surface area contributed by atoms with Gasteiger partial charge in [-0.3, -0.25) is 9.59 Å². The molecule has 0 radical (unpaired) electrons. The van der Waals surface area contributed by atoms with Gasteiger partial charge >= 0.3 is 0 Å². The Morgan fingerprint density at radius 3 is 2.26 bits per heavy atom. The lowest BCUT2D eigenvalue weighted by atomic mass is 10.1. The summed E-state index contributed by atoms with van der Waals surface area (Å²) in [5.41, 5.74) is 2.03. The minimum Gasteiger partial charge on any atom is -0.368 e. The van der Waals surface area contributed by atoms with Crippen molar-refractivity contribution in [3.05, 3.63) is 89.0 Å². The van der Waals surface area contributed by atoms with Gasteiger partial charge in [0.1, 0.15) is 11.0 Å². The highest BCUT2D eigenvalue weighted by molar-refractivity contribution is 6.33. The lowest BCUT2D eigenvalue weighted by Crippen LogP contribution is -2.49. The fourth-order valence-corrected chi connectivity index (χ4v) is 3.69. The third-order valence-corrected chi connectivity index (χ3v) is 5.47. The number of carbonyl (C=O) groups is 2. The van der Waals surface area contributed by atoms with E-state index in [1.54, 1.807) is 29.2 Å². The van der Waals surface area contributed by atoms with Gasteiger partial charge in [0, 0.05) is 43.8 Å². The monoisotopic (exact) mass is 438 g/mol. The molecule has 2 aromatic carbocycles. The molecule has 0 unspecified atom stereocenters. The number of halogens is 2. The topological polar surface area (TPSA) is 65.5 Å². The van der Waals surface area contributed by atoms with Crippen molar-refractivity contribution in [3.8, 4) is 0 Å². The lowest BCUT2D eigenvalue weighted by Gasteiger charge is -2.36. The molecule has 8 heteroatoms. The van der Waals surface area contributed by atoms with Gasteiger partial charge in [-0.1, -0.05) is 23.7 Å². The second kappa shape index (κ2) is 9.14. The summed E-state index contributed by atoms with van der Waals surface area (Å²) in [6, 6.07) is 16.8. The van der Waals surface area contributed by atoms with Gasteiger partial charge < -0.3 is 15.1 Å². The molecule has 1 N–H and O–H groups in total. The molecule has 0 spiro atoms. The normalized spacial score (nSPS) is 13.7. The molecule has 0 saturated carbocycles. The number of aromatic nitrogens is 1. The first-order valence-electron chi connectivity index (χ1n) is 9.83. The van der Waals surface area contributed by atoms with Crippen LogP contribution in [-0.4, -0.2) is 47.9 Å². The third kappa shape index (κ3) is 4.67. The number of hydrogen-bond donors (Lipinski definition) is 1. The molecule has 31 heavy (non-hydrogen) atoms. The molecule has 3 aromatic rings. The highest BCUT2D eigenvalue weighted by atomic mass is 35.5. The van der Waals surface area contributed by atoms with Crippen LogP contribution in [0.3, 0.4) is 0 Å². The lowest BCUT2D eigenvalue weighted by molar-refractivity contribution is 0.0742. The number of benzene rings is 2. The summed E-state index contributed by atoms with van der Waals surface area (Å²) in [5, 5.41) is 2.96. The smallest absolute Gasteiger partial charge is 0.258 e. The standard InChI is InChI=1S/C23H20ClFN4O2/c24-21-19(5-3-11-26-21)22(30)27-16-7-9-17(10-8-16)28-12-14-29(15-13-28)23(31)18-4-1-2-6-20(18)25/h1-11H,12-15H2,(H,27,30). The van der Waals surface area contributed by atoms with Crippen molar-refractivity contribution < 1.29 is 14.0 Å². The van der Waals surface area contributed by atoms with Crippen LogP contribution in [0.1, 0.15) is 20.7 Å². The van der Waals surface area contributed by atoms with Gasteiger partial charge in [-0.2, -0.15) is 0 Å². The summed E-state index contributed by atoms with van der Waals surface area (Å²) in [5.74, 6) is -1.11. The first-order valence-corrected chi connectivity index (χ1v) is 10.2. The van der Waals surface area contributed by atoms with Gasteiger partial charge in [0.05, 0.1) is 11.1 Å². The Morgan fingerprint density at radius 1 is 0.903 bits per heavy atom. The van der Waals surface area contributed by atoms with E-state index < -0.39 is 5.82 Å². The molecule has 1 fully saturated rings. The Hall–Kier alpha value is -3.45. The van der Waals surface area contributed by atoms with Crippen molar-refractivity contribution in [1.29, 1.82) is 0 Å². The molecule has 4 rings (SSSR count). The highest BCUT2D eigenvalue weighted by Crippen LogP contribution is 2.22. The molecular formula is C23H20ClFN4O2. The number of anilines is 2. The minimum absolute atomic E-state index is 0.102. The molecule has 0 aliphatic carbocycles. The Bertz CT molecular complexity index is 1100. The van der Waals surface area contributed by atoms with E-state index in [0.29, 0.717) is 37.4 Å². The maximum Gasteiger partial charge on any atom is 0.258 e. The Morgan fingerprint density at radius 2 is 1.58 bits per heavy atom. The largest absolute Gasteiger partial charge is 0.368 e. The minimum atomic E-state index is -0.500. The van der Waals surface area contributed by atoms with Crippen LogP contribution in [0.25, 0.3) is 0 Å². The first kappa shape index (κ1) is 20.8. The van der Waals surface area contributed by atoms with Crippen LogP contribution in [0.4, 0.5) is 15.8 Å². The van der Waals surface area contributed by atoms with Crippen LogP contribution < -0.4 is 10.2 Å². The van der Waals surface area contributed by atoms with Gasteiger partial charge in [0.25, 0.3) is 11.8 Å². The van der Waals surface area contributed by atoms with Gasteiger partial charge in [-0.25, -0.2) is 9.37 Å². The summed E-state index contributed by atoms with van der Waals surface area (Å²) < 4.78 is 13.9. The van der Waals surface area contributed by atoms with Crippen LogP contribution in [0.2, 0.25) is 5.15 Å². The van der Waals surface area contributed by atoms with E-state index in [4.69, 9.17) is 11.6 Å². The van der Waals surface area contributed by atoms with Crippen LogP contribution in [0, 0.1) is 5.82 Å². The summed E-state index contributed by atoms with van der Waals surface area (Å²) in [6.07, 6.45) is 1.53. The van der Waals surface area contributed by atoms with Crippen LogP contribution in [0.5, 0.6) is 0 Å². The quantitative estimate of drug-likeness (QED) is 0.623. The molecule has 0 atom stereocenters. The van der Waals surface area contributed by atoms with Crippen molar-refractivity contribution in [2.45, 2.75) is 0 Å². The predicted molar refractivity (Wildman–Crippen MR) is 118 cm³/mol. The van der Waals surface area contributed by atoms with E-state index in [0.717, 1.165) is 5.69 Å². The van der Waals surface area contributed by atoms with Crippen LogP contribution in [0.15, 0.2) is 66.9 Å². The fourth-order valence-electron chi connectivity index (χ4n) is 3.48. The van der Waals surface area contributed by atoms with E-state index in [1.165, 1.54) is 18.3 Å². The summed E-state index contributed by atoms with van der Waals surface area (Å²) in [6.45, 7) is 2.28. The van der Waals surface area contributed by atoms with Crippen molar-refractivity contribution in [3.63, 3.8) is 0 Å². The molecule has 1 aliphatic rings. The molecule has 1 aromatic heterocycles. The molecule has 6 nitrogen and oxygen atoms in total. The van der Waals surface area contributed by atoms with Crippen molar-refractivity contribution in [2.75, 3.05) is 36.4 Å². The van der Waals surface area contributed by atoms with Crippen molar-refractivity contribution in [2.24, 2.45) is 0 Å². The molecule has 0 bridgehead atoms. The third-order valence-electron chi connectivity index (χ3n) is 5.17. The number of rotatable bonds is 4. The number of nitrogens with one attached hydrogen (secondary N) is 1. The number of piperazine rings is 1. The van der Waals surface area contributed by atoms with Crippen LogP contribution in [-0.2, 0) is 0 Å². The van der Waals surface area contributed by atoms with E-state index in [2.05, 4.69) is 15.2 Å². The van der Waals surface area contributed by atoms with E-state index in [1.807, 2.05) is 24.3 Å². The Kier molecular flexibility index (Phi) is 6.13. The maximum absolute atomic E-state index is 13.9. The van der Waals surface area contributed by atoms with E-state index in [9.17, 15) is 14.0 Å². The van der Waals surface area contributed by atoms with Gasteiger partial charge in [-0.05, 0) is 48.5 Å². The number of nitrogens with zero attached hydrogens (tertiary/aromatic N) is 3. The zero-order chi connectivity index (χ0) is 21.8. The van der Waals surface area contributed by atoms with Gasteiger partial charge in [0.15, 0.2) is 0 Å². The summed E-state index contributed by atoms with van der Waals surface area (Å²) in [4.78, 5) is 32.6. The molecule has 1 aliphatic heterocycles. The molecule has 2 heterocycles. The van der Waals surface area contributed by atoms with E-state index >= 15 is 0 Å². The Balaban J connectivity index is 1.35. The fraction of sp³-hybridized carbons (Fsp3) is 0.174. The summed E-state index contributed by atoms with van der Waals surface area (Å²) in [7, 11) is 0. The second-order valence-electron chi connectivity index (χ2n) is 7.10. The highest BCUT2D eigenvalue weighted by Gasteiger charge is 2.24. The maximum atomic E-state index is 13.9. The van der Waals surface area contributed by atoms with Crippen molar-refractivity contribution in [1.82, 2.24) is 9.88 Å². The molecule has 1 saturated heterocycles. The summed E-state index contributed by atoms with van der Waals surface area (Å²) >= 11 is 5.97. The second-order valence-corrected chi connectivity index (χ2v) is 7.46. The SMILES string of the molecule is O=C(Nc1ccc(N2CCN(C(=O)c3ccccc3F)CC2)cc1)c1cccnc1Cl. The zero-order valence-electron chi connectivity index (χ0n) is 16.6. The first-order chi connectivity index (χ1) is 15.0. The average Bonchev–Trinajstić information content (AvgIpc) is 2.80. The van der Waals surface area contributed by atoms with Gasteiger partial charge in [-0.15, -0.1) is 0 Å². The van der Waals surface area contributed by atoms with Crippen LogP contribution >= 0.6 is 11.6 Å². The van der Waals surface area contributed by atoms with Crippen molar-refractivity contribution >= 4 is 34.8 Å². The number of pyridine rings is 1.